The number of nitrogens with zero attached hydrogens (tertiary/aromatic N) is 1. The maximum absolute atomic E-state index is 12.4. The van der Waals surface area contributed by atoms with Crippen molar-refractivity contribution in [1.29, 1.82) is 0 Å². The Hall–Kier alpha value is -1.15. The Morgan fingerprint density at radius 1 is 1.33 bits per heavy atom. The van der Waals surface area contributed by atoms with E-state index < -0.39 is 10.2 Å². The van der Waals surface area contributed by atoms with E-state index in [4.69, 9.17) is 9.47 Å². The number of fused-ring (bicyclic) bond motifs is 1. The van der Waals surface area contributed by atoms with Crippen molar-refractivity contribution in [2.45, 2.75) is 18.9 Å². The summed E-state index contributed by atoms with van der Waals surface area (Å²) in [6, 6.07) is 5.61. The monoisotopic (exact) mass is 312 g/mol. The van der Waals surface area contributed by atoms with E-state index in [-0.39, 0.29) is 6.04 Å². The summed E-state index contributed by atoms with van der Waals surface area (Å²) < 4.78 is 39.7. The quantitative estimate of drug-likeness (QED) is 0.895. The number of hydrogen-bond donors (Lipinski definition) is 1. The van der Waals surface area contributed by atoms with Crippen molar-refractivity contribution in [2.24, 2.45) is 0 Å². The molecule has 0 aromatic heterocycles. The van der Waals surface area contributed by atoms with Gasteiger partial charge in [-0.2, -0.15) is 17.4 Å². The van der Waals surface area contributed by atoms with E-state index in [0.29, 0.717) is 26.3 Å². The molecule has 7 heteroatoms. The number of morpholine rings is 1. The van der Waals surface area contributed by atoms with Crippen molar-refractivity contribution in [3.63, 3.8) is 0 Å². The zero-order chi connectivity index (χ0) is 14.9. The first kappa shape index (κ1) is 14.8. The fraction of sp³-hybridized carbons (Fsp3) is 0.571. The van der Waals surface area contributed by atoms with Crippen LogP contribution in [0.15, 0.2) is 18.2 Å². The van der Waals surface area contributed by atoms with Crippen LogP contribution in [0.5, 0.6) is 5.75 Å². The lowest BCUT2D eigenvalue weighted by atomic mass is 10.1. The summed E-state index contributed by atoms with van der Waals surface area (Å²) in [7, 11) is -1.83. The van der Waals surface area contributed by atoms with E-state index in [2.05, 4.69) is 4.72 Å². The van der Waals surface area contributed by atoms with Crippen LogP contribution >= 0.6 is 0 Å². The molecule has 1 aromatic carbocycles. The highest BCUT2D eigenvalue weighted by molar-refractivity contribution is 7.87. The third-order valence-electron chi connectivity index (χ3n) is 4.05. The molecule has 0 radical (unpaired) electrons. The highest BCUT2D eigenvalue weighted by atomic mass is 32.2. The number of rotatable bonds is 4. The number of hydrogen-bond acceptors (Lipinski definition) is 4. The number of methoxy groups -OCH3 is 1. The molecule has 1 atom stereocenters. The topological polar surface area (TPSA) is 67.9 Å². The molecule has 0 bridgehead atoms. The van der Waals surface area contributed by atoms with E-state index in [1.807, 2.05) is 18.2 Å². The van der Waals surface area contributed by atoms with Crippen LogP contribution in [0.2, 0.25) is 0 Å². The molecule has 1 aliphatic heterocycles. The highest BCUT2D eigenvalue weighted by Crippen LogP contribution is 2.37. The van der Waals surface area contributed by atoms with Gasteiger partial charge in [-0.15, -0.1) is 0 Å². The molecule has 1 N–H and O–H groups in total. The third-order valence-corrected chi connectivity index (χ3v) is 5.68. The second-order valence-corrected chi connectivity index (χ2v) is 6.96. The maximum Gasteiger partial charge on any atom is 0.280 e. The largest absolute Gasteiger partial charge is 0.496 e. The first-order valence-corrected chi connectivity index (χ1v) is 8.57. The van der Waals surface area contributed by atoms with Crippen LogP contribution in [0, 0.1) is 0 Å². The van der Waals surface area contributed by atoms with E-state index in [1.54, 1.807) is 7.11 Å². The minimum absolute atomic E-state index is 0.178. The normalized spacial score (nSPS) is 23.0. The van der Waals surface area contributed by atoms with Gasteiger partial charge in [0, 0.05) is 19.1 Å². The molecular formula is C14H20N2O4S. The maximum atomic E-state index is 12.4. The van der Waals surface area contributed by atoms with Gasteiger partial charge >= 0.3 is 0 Å². The van der Waals surface area contributed by atoms with Crippen LogP contribution in [0.1, 0.15) is 23.6 Å². The molecule has 0 saturated carbocycles. The lowest BCUT2D eigenvalue weighted by Crippen LogP contribution is -2.47. The Morgan fingerprint density at radius 3 is 2.81 bits per heavy atom. The Kier molecular flexibility index (Phi) is 4.17. The van der Waals surface area contributed by atoms with Gasteiger partial charge < -0.3 is 9.47 Å². The summed E-state index contributed by atoms with van der Waals surface area (Å²) in [6.45, 7) is 1.73. The van der Waals surface area contributed by atoms with E-state index in [1.165, 1.54) is 4.31 Å². The summed E-state index contributed by atoms with van der Waals surface area (Å²) >= 11 is 0. The predicted octanol–water partition coefficient (Wildman–Crippen LogP) is 0.849. The van der Waals surface area contributed by atoms with Crippen LogP contribution in [0.4, 0.5) is 0 Å². The molecule has 21 heavy (non-hydrogen) atoms. The average molecular weight is 312 g/mol. The van der Waals surface area contributed by atoms with Crippen molar-refractivity contribution in [2.75, 3.05) is 33.4 Å². The second-order valence-electron chi connectivity index (χ2n) is 5.25. The van der Waals surface area contributed by atoms with Crippen LogP contribution in [-0.4, -0.2) is 46.1 Å². The van der Waals surface area contributed by atoms with Gasteiger partial charge in [0.1, 0.15) is 5.75 Å². The summed E-state index contributed by atoms with van der Waals surface area (Å²) in [4.78, 5) is 0. The minimum Gasteiger partial charge on any atom is -0.496 e. The van der Waals surface area contributed by atoms with Crippen molar-refractivity contribution in [3.05, 3.63) is 29.3 Å². The van der Waals surface area contributed by atoms with Crippen molar-refractivity contribution < 1.29 is 17.9 Å². The molecule has 0 spiro atoms. The molecule has 1 unspecified atom stereocenters. The lowest BCUT2D eigenvalue weighted by molar-refractivity contribution is 0.0723. The first-order chi connectivity index (χ1) is 10.1. The third kappa shape index (κ3) is 2.91. The molecule has 1 aromatic rings. The van der Waals surface area contributed by atoms with E-state index in [0.717, 1.165) is 29.7 Å². The molecule has 3 rings (SSSR count). The Labute approximate surface area is 125 Å². The van der Waals surface area contributed by atoms with Crippen LogP contribution < -0.4 is 9.46 Å². The van der Waals surface area contributed by atoms with E-state index >= 15 is 0 Å². The minimum atomic E-state index is -3.47. The fourth-order valence-corrected chi connectivity index (χ4v) is 4.36. The number of nitrogens with one attached hydrogen (secondary N) is 1. The smallest absolute Gasteiger partial charge is 0.280 e. The summed E-state index contributed by atoms with van der Waals surface area (Å²) in [5, 5.41) is 0. The molecule has 1 saturated heterocycles. The summed E-state index contributed by atoms with van der Waals surface area (Å²) in [5.41, 5.74) is 2.13. The van der Waals surface area contributed by atoms with Crippen molar-refractivity contribution in [3.8, 4) is 5.75 Å². The number of benzene rings is 1. The SMILES string of the molecule is COc1cccc2c1CCC2NS(=O)(=O)N1CCOCC1. The zero-order valence-electron chi connectivity index (χ0n) is 12.0. The Balaban J connectivity index is 1.78. The van der Waals surface area contributed by atoms with Gasteiger partial charge in [0.05, 0.1) is 20.3 Å². The van der Waals surface area contributed by atoms with Gasteiger partial charge in [0.2, 0.25) is 0 Å². The number of ether oxygens (including phenoxy) is 2. The molecule has 6 nitrogen and oxygen atoms in total. The van der Waals surface area contributed by atoms with Gasteiger partial charge in [-0.25, -0.2) is 0 Å². The zero-order valence-corrected chi connectivity index (χ0v) is 12.9. The van der Waals surface area contributed by atoms with Gasteiger partial charge in [0.25, 0.3) is 10.2 Å². The fourth-order valence-electron chi connectivity index (χ4n) is 2.98. The van der Waals surface area contributed by atoms with Crippen LogP contribution in [0.3, 0.4) is 0 Å². The van der Waals surface area contributed by atoms with Gasteiger partial charge in [0.15, 0.2) is 0 Å². The van der Waals surface area contributed by atoms with Crippen LogP contribution in [-0.2, 0) is 21.4 Å². The molecule has 1 fully saturated rings. The lowest BCUT2D eigenvalue weighted by Gasteiger charge is -2.27. The summed E-state index contributed by atoms with van der Waals surface area (Å²) in [5.74, 6) is 0.834. The predicted molar refractivity (Wildman–Crippen MR) is 78.5 cm³/mol. The van der Waals surface area contributed by atoms with Gasteiger partial charge in [-0.05, 0) is 30.0 Å². The van der Waals surface area contributed by atoms with E-state index in [9.17, 15) is 8.42 Å². The standard InChI is InChI=1S/C14H20N2O4S/c1-19-14-4-2-3-11-12(14)5-6-13(11)15-21(17,18)16-7-9-20-10-8-16/h2-4,13,15H,5-10H2,1H3. The second kappa shape index (κ2) is 5.92. The Bertz CT molecular complexity index is 611. The van der Waals surface area contributed by atoms with Crippen molar-refractivity contribution in [1.82, 2.24) is 9.03 Å². The molecule has 2 aliphatic rings. The highest BCUT2D eigenvalue weighted by Gasteiger charge is 2.32. The molecule has 1 aliphatic carbocycles. The first-order valence-electron chi connectivity index (χ1n) is 7.13. The van der Waals surface area contributed by atoms with Crippen molar-refractivity contribution >= 4 is 10.2 Å². The summed E-state index contributed by atoms with van der Waals surface area (Å²) in [6.07, 6.45) is 1.59. The molecular weight excluding hydrogens is 292 g/mol. The van der Waals surface area contributed by atoms with Gasteiger partial charge in [-0.3, -0.25) is 0 Å². The Morgan fingerprint density at radius 2 is 2.10 bits per heavy atom. The molecule has 116 valence electrons. The molecule has 1 heterocycles. The molecule has 0 amide bonds. The average Bonchev–Trinajstić information content (AvgIpc) is 2.91. The van der Waals surface area contributed by atoms with Crippen LogP contribution in [0.25, 0.3) is 0 Å². The van der Waals surface area contributed by atoms with Gasteiger partial charge in [-0.1, -0.05) is 12.1 Å².